The quantitative estimate of drug-likeness (QED) is 0.253. The van der Waals surface area contributed by atoms with Crippen molar-refractivity contribution in [1.29, 1.82) is 0 Å². The van der Waals surface area contributed by atoms with Crippen LogP contribution in [0.3, 0.4) is 0 Å². The zero-order valence-electron chi connectivity index (χ0n) is 18.6. The van der Waals surface area contributed by atoms with Crippen LogP contribution in [-0.2, 0) is 11.2 Å². The second kappa shape index (κ2) is 8.86. The molecular formula is C27H23N3O4. The monoisotopic (exact) mass is 453 g/mol. The highest BCUT2D eigenvalue weighted by Crippen LogP contribution is 2.39. The predicted molar refractivity (Wildman–Crippen MR) is 131 cm³/mol. The Hall–Kier alpha value is -4.39. The summed E-state index contributed by atoms with van der Waals surface area (Å²) >= 11 is 0. The fourth-order valence-electron chi connectivity index (χ4n) is 4.62. The molecule has 7 heteroatoms. The summed E-state index contributed by atoms with van der Waals surface area (Å²) in [6, 6.07) is 21.9. The molecule has 1 atom stereocenters. The maximum absolute atomic E-state index is 13.4. The molecule has 1 aliphatic heterocycles. The summed E-state index contributed by atoms with van der Waals surface area (Å²) in [5.74, 6) is 0.594. The molecule has 1 aromatic heterocycles. The zero-order valence-corrected chi connectivity index (χ0v) is 18.6. The number of aromatic amines is 1. The van der Waals surface area contributed by atoms with E-state index in [9.17, 15) is 14.9 Å². The molecule has 1 unspecified atom stereocenters. The van der Waals surface area contributed by atoms with Crippen LogP contribution < -0.4 is 4.74 Å². The third-order valence-electron chi connectivity index (χ3n) is 6.25. The Morgan fingerprint density at radius 2 is 1.91 bits per heavy atom. The van der Waals surface area contributed by atoms with Crippen molar-refractivity contribution in [2.24, 2.45) is 0 Å². The molecule has 1 amide bonds. The summed E-state index contributed by atoms with van der Waals surface area (Å²) in [7, 11) is 1.62. The molecule has 170 valence electrons. The number of para-hydroxylation sites is 1. The summed E-state index contributed by atoms with van der Waals surface area (Å²) in [4.78, 5) is 29.4. The second-order valence-corrected chi connectivity index (χ2v) is 8.21. The maximum Gasteiger partial charge on any atom is 0.270 e. The molecule has 0 bridgehead atoms. The normalized spacial score (nSPS) is 15.4. The van der Waals surface area contributed by atoms with Gasteiger partial charge in [-0.2, -0.15) is 0 Å². The number of nitrogens with zero attached hydrogens (tertiary/aromatic N) is 2. The van der Waals surface area contributed by atoms with E-state index >= 15 is 0 Å². The number of H-pyrrole nitrogens is 1. The van der Waals surface area contributed by atoms with E-state index < -0.39 is 4.92 Å². The van der Waals surface area contributed by atoms with Crippen molar-refractivity contribution < 1.29 is 14.5 Å². The number of amides is 1. The molecule has 2 heterocycles. The summed E-state index contributed by atoms with van der Waals surface area (Å²) < 4.78 is 5.31. The van der Waals surface area contributed by atoms with Crippen LogP contribution in [0.4, 0.5) is 5.69 Å². The Kier molecular flexibility index (Phi) is 5.59. The van der Waals surface area contributed by atoms with Gasteiger partial charge >= 0.3 is 0 Å². The number of methoxy groups -OCH3 is 1. The zero-order chi connectivity index (χ0) is 23.7. The minimum absolute atomic E-state index is 0.00796. The largest absolute Gasteiger partial charge is 0.497 e. The lowest BCUT2D eigenvalue weighted by molar-refractivity contribution is -0.384. The number of benzene rings is 3. The van der Waals surface area contributed by atoms with Crippen molar-refractivity contribution in [3.63, 3.8) is 0 Å². The number of hydrogen-bond donors (Lipinski definition) is 1. The van der Waals surface area contributed by atoms with Crippen LogP contribution in [0.15, 0.2) is 78.9 Å². The van der Waals surface area contributed by atoms with Gasteiger partial charge in [0.1, 0.15) is 5.75 Å². The SMILES string of the molecule is COc1ccc(C2c3[nH]c4ccccc4c3CCN2C(=O)C=Cc2cccc([N+](=O)[O-])c2)cc1. The Bertz CT molecular complexity index is 1410. The lowest BCUT2D eigenvalue weighted by Crippen LogP contribution is -2.39. The molecule has 5 rings (SSSR count). The van der Waals surface area contributed by atoms with Gasteiger partial charge in [0, 0.05) is 41.4 Å². The van der Waals surface area contributed by atoms with Gasteiger partial charge in [-0.1, -0.05) is 42.5 Å². The van der Waals surface area contributed by atoms with Crippen molar-refractivity contribution in [2.75, 3.05) is 13.7 Å². The van der Waals surface area contributed by atoms with Gasteiger partial charge in [-0.15, -0.1) is 0 Å². The standard InChI is InChI=1S/C27H23N3O4/c1-34-21-12-10-19(11-13-21)27-26-23(22-7-2-3-8-24(22)28-26)15-16-29(27)25(31)14-9-18-5-4-6-20(17-18)30(32)33/h2-14,17,27-28H,15-16H2,1H3. The number of nitro groups is 1. The van der Waals surface area contributed by atoms with Gasteiger partial charge in [0.05, 0.1) is 18.1 Å². The van der Waals surface area contributed by atoms with Crippen molar-refractivity contribution in [1.82, 2.24) is 9.88 Å². The van der Waals surface area contributed by atoms with Crippen LogP contribution in [0.25, 0.3) is 17.0 Å². The van der Waals surface area contributed by atoms with E-state index in [0.29, 0.717) is 12.1 Å². The predicted octanol–water partition coefficient (Wildman–Crippen LogP) is 5.27. The van der Waals surface area contributed by atoms with Crippen LogP contribution in [0.1, 0.15) is 28.4 Å². The highest BCUT2D eigenvalue weighted by molar-refractivity contribution is 5.93. The molecule has 3 aromatic carbocycles. The molecule has 0 spiro atoms. The maximum atomic E-state index is 13.4. The fourth-order valence-corrected chi connectivity index (χ4v) is 4.62. The molecular weight excluding hydrogens is 430 g/mol. The second-order valence-electron chi connectivity index (χ2n) is 8.21. The van der Waals surface area contributed by atoms with Crippen molar-refractivity contribution >= 4 is 28.6 Å². The molecule has 1 aliphatic rings. The first-order valence-corrected chi connectivity index (χ1v) is 11.0. The summed E-state index contributed by atoms with van der Waals surface area (Å²) in [5, 5.41) is 12.2. The van der Waals surface area contributed by atoms with Crippen molar-refractivity contribution in [3.8, 4) is 5.75 Å². The average Bonchev–Trinajstić information content (AvgIpc) is 3.25. The molecule has 0 fully saturated rings. The first kappa shape index (κ1) is 21.5. The third-order valence-corrected chi connectivity index (χ3v) is 6.25. The third kappa shape index (κ3) is 3.92. The number of nitro benzene ring substituents is 1. The van der Waals surface area contributed by atoms with E-state index in [-0.39, 0.29) is 17.6 Å². The number of nitrogens with one attached hydrogen (secondary N) is 1. The van der Waals surface area contributed by atoms with E-state index in [1.165, 1.54) is 29.2 Å². The highest BCUT2D eigenvalue weighted by atomic mass is 16.6. The van der Waals surface area contributed by atoms with Gasteiger partial charge in [0.25, 0.3) is 5.69 Å². The number of rotatable bonds is 5. The van der Waals surface area contributed by atoms with E-state index in [2.05, 4.69) is 11.1 Å². The van der Waals surface area contributed by atoms with Gasteiger partial charge in [-0.25, -0.2) is 0 Å². The van der Waals surface area contributed by atoms with Crippen LogP contribution in [0.5, 0.6) is 5.75 Å². The molecule has 0 radical (unpaired) electrons. The van der Waals surface area contributed by atoms with Crippen LogP contribution in [0, 0.1) is 10.1 Å². The number of carbonyl (C=O) groups is 1. The van der Waals surface area contributed by atoms with Gasteiger partial charge in [0.15, 0.2) is 0 Å². The average molecular weight is 453 g/mol. The Labute approximate surface area is 196 Å². The molecule has 7 nitrogen and oxygen atoms in total. The topological polar surface area (TPSA) is 88.5 Å². The summed E-state index contributed by atoms with van der Waals surface area (Å²) in [5.41, 5.74) is 4.86. The smallest absolute Gasteiger partial charge is 0.270 e. The molecule has 0 aliphatic carbocycles. The van der Waals surface area contributed by atoms with Crippen molar-refractivity contribution in [2.45, 2.75) is 12.5 Å². The van der Waals surface area contributed by atoms with E-state index in [0.717, 1.165) is 28.9 Å². The van der Waals surface area contributed by atoms with Crippen molar-refractivity contribution in [3.05, 3.63) is 111 Å². The number of ether oxygens (including phenoxy) is 1. The van der Waals surface area contributed by atoms with Gasteiger partial charge in [-0.3, -0.25) is 14.9 Å². The van der Waals surface area contributed by atoms with Crippen LogP contribution >= 0.6 is 0 Å². The number of fused-ring (bicyclic) bond motifs is 3. The van der Waals surface area contributed by atoms with E-state index in [4.69, 9.17) is 4.74 Å². The van der Waals surface area contributed by atoms with Gasteiger partial charge in [0.2, 0.25) is 5.91 Å². The van der Waals surface area contributed by atoms with Gasteiger partial charge < -0.3 is 14.6 Å². The first-order chi connectivity index (χ1) is 16.5. The Morgan fingerprint density at radius 3 is 2.68 bits per heavy atom. The Morgan fingerprint density at radius 1 is 1.12 bits per heavy atom. The minimum atomic E-state index is -0.444. The highest BCUT2D eigenvalue weighted by Gasteiger charge is 2.33. The minimum Gasteiger partial charge on any atom is -0.497 e. The van der Waals surface area contributed by atoms with Gasteiger partial charge in [-0.05, 0) is 47.4 Å². The summed E-state index contributed by atoms with van der Waals surface area (Å²) in [6.07, 6.45) is 3.85. The van der Waals surface area contributed by atoms with Crippen LogP contribution in [-0.4, -0.2) is 34.4 Å². The van der Waals surface area contributed by atoms with Crippen LogP contribution in [0.2, 0.25) is 0 Å². The number of carbonyl (C=O) groups excluding carboxylic acids is 1. The number of hydrogen-bond acceptors (Lipinski definition) is 4. The lowest BCUT2D eigenvalue weighted by Gasteiger charge is -2.35. The fraction of sp³-hybridized carbons (Fsp3) is 0.148. The molecule has 0 saturated carbocycles. The van der Waals surface area contributed by atoms with E-state index in [1.807, 2.05) is 47.4 Å². The number of aromatic nitrogens is 1. The lowest BCUT2D eigenvalue weighted by atomic mass is 9.92. The Balaban J connectivity index is 1.53. The first-order valence-electron chi connectivity index (χ1n) is 11.0. The summed E-state index contributed by atoms with van der Waals surface area (Å²) in [6.45, 7) is 0.559. The van der Waals surface area contributed by atoms with E-state index in [1.54, 1.807) is 25.3 Å². The molecule has 34 heavy (non-hydrogen) atoms. The molecule has 0 saturated heterocycles. The molecule has 4 aromatic rings. The molecule has 1 N–H and O–H groups in total. The number of non-ortho nitro benzene ring substituents is 1.